The minimum absolute atomic E-state index is 0. The average molecular weight is 392 g/mol. The quantitative estimate of drug-likeness (QED) is 0.340. The van der Waals surface area contributed by atoms with Crippen LogP contribution in [0, 0.1) is 0 Å². The van der Waals surface area contributed by atoms with Crippen LogP contribution in [0.3, 0.4) is 0 Å². The van der Waals surface area contributed by atoms with Crippen LogP contribution >= 0.6 is 12.4 Å². The largest absolute Gasteiger partial charge is 0.504 e. The van der Waals surface area contributed by atoms with E-state index in [0.29, 0.717) is 5.56 Å². The highest BCUT2D eigenvalue weighted by atomic mass is 35.5. The van der Waals surface area contributed by atoms with Crippen LogP contribution in [0.25, 0.3) is 0 Å². The second-order valence-electron chi connectivity index (χ2n) is 5.94. The van der Waals surface area contributed by atoms with Crippen molar-refractivity contribution in [3.8, 4) is 11.5 Å². The van der Waals surface area contributed by atoms with Crippen LogP contribution < -0.4 is 5.73 Å². The Morgan fingerprint density at radius 1 is 1.31 bits per heavy atom. The van der Waals surface area contributed by atoms with Crippen LogP contribution in [0.2, 0.25) is 0 Å². The molecule has 1 aromatic carbocycles. The first-order valence-electron chi connectivity index (χ1n) is 7.14. The normalized spacial score (nSPS) is 15.8. The second kappa shape index (κ2) is 8.70. The summed E-state index contributed by atoms with van der Waals surface area (Å²) in [7, 11) is 1.46. The number of halogens is 1. The Kier molecular flexibility index (Phi) is 7.84. The van der Waals surface area contributed by atoms with E-state index in [2.05, 4.69) is 0 Å². The number of rotatable bonds is 5. The molecular formula is C15H22ClN3O7. The van der Waals surface area contributed by atoms with Gasteiger partial charge in [-0.1, -0.05) is 6.07 Å². The molecule has 0 radical (unpaired) electrons. The Hall–Kier alpha value is -2.56. The lowest BCUT2D eigenvalue weighted by Gasteiger charge is -2.24. The van der Waals surface area contributed by atoms with Gasteiger partial charge in [0.2, 0.25) is 0 Å². The van der Waals surface area contributed by atoms with Gasteiger partial charge >= 0.3 is 12.0 Å². The highest BCUT2D eigenvalue weighted by Crippen LogP contribution is 2.26. The Bertz CT molecular complexity index is 696. The molecule has 3 amide bonds. The summed E-state index contributed by atoms with van der Waals surface area (Å²) in [4.78, 5) is 37.5. The molecule has 0 bridgehead atoms. The smallest absolute Gasteiger partial charge is 0.329 e. The van der Waals surface area contributed by atoms with Crippen LogP contribution in [-0.2, 0) is 20.7 Å². The van der Waals surface area contributed by atoms with Crippen molar-refractivity contribution in [2.45, 2.75) is 18.9 Å². The molecular weight excluding hydrogens is 370 g/mol. The first-order chi connectivity index (χ1) is 11.1. The molecule has 0 unspecified atom stereocenters. The molecule has 11 heteroatoms. The molecule has 1 aliphatic heterocycles. The summed E-state index contributed by atoms with van der Waals surface area (Å²) in [5.41, 5.74) is 5.02. The topological polar surface area (TPSA) is 165 Å². The number of hydrogen-bond donors (Lipinski definition) is 3. The number of hydrogen-bond acceptors (Lipinski definition) is 7. The summed E-state index contributed by atoms with van der Waals surface area (Å²) in [5, 5.41) is 18.8. The second-order valence-corrected chi connectivity index (χ2v) is 5.94. The van der Waals surface area contributed by atoms with Crippen molar-refractivity contribution >= 4 is 30.3 Å². The fourth-order valence-electron chi connectivity index (χ4n) is 2.26. The van der Waals surface area contributed by atoms with Crippen LogP contribution in [-0.4, -0.2) is 69.3 Å². The molecule has 1 saturated heterocycles. The van der Waals surface area contributed by atoms with Crippen molar-refractivity contribution in [1.29, 1.82) is 0 Å². The van der Waals surface area contributed by atoms with E-state index >= 15 is 0 Å². The van der Waals surface area contributed by atoms with Crippen LogP contribution in [0.15, 0.2) is 18.2 Å². The molecule has 0 aromatic heterocycles. The predicted molar refractivity (Wildman–Crippen MR) is 92.8 cm³/mol. The number of aromatic hydroxyl groups is 2. The van der Waals surface area contributed by atoms with Gasteiger partial charge in [-0.25, -0.2) is 14.5 Å². The van der Waals surface area contributed by atoms with Gasteiger partial charge in [0.05, 0.1) is 0 Å². The third-order valence-corrected chi connectivity index (χ3v) is 3.63. The lowest BCUT2D eigenvalue weighted by atomic mass is 9.94. The van der Waals surface area contributed by atoms with Gasteiger partial charge in [0.25, 0.3) is 5.91 Å². The molecule has 1 fully saturated rings. The summed E-state index contributed by atoms with van der Waals surface area (Å²) < 4.78 is 4.99. The van der Waals surface area contributed by atoms with Crippen molar-refractivity contribution < 1.29 is 34.8 Å². The number of nitrogens with zero attached hydrogens (tertiary/aromatic N) is 2. The zero-order valence-electron chi connectivity index (χ0n) is 14.3. The summed E-state index contributed by atoms with van der Waals surface area (Å²) in [6.07, 6.45) is 0.0292. The van der Waals surface area contributed by atoms with Crippen molar-refractivity contribution in [2.75, 3.05) is 20.3 Å². The van der Waals surface area contributed by atoms with Gasteiger partial charge in [0.15, 0.2) is 18.2 Å². The van der Waals surface area contributed by atoms with Crippen molar-refractivity contribution in [2.24, 2.45) is 5.73 Å². The molecule has 1 atom stereocenters. The molecule has 0 aliphatic carbocycles. The van der Waals surface area contributed by atoms with E-state index in [-0.39, 0.29) is 42.3 Å². The minimum atomic E-state index is -1.44. The Balaban J connectivity index is 0.00000312. The molecule has 6 N–H and O–H groups in total. The molecule has 1 heterocycles. The fourth-order valence-corrected chi connectivity index (χ4v) is 2.26. The van der Waals surface area contributed by atoms with Crippen molar-refractivity contribution in [3.63, 3.8) is 0 Å². The number of imide groups is 1. The third kappa shape index (κ3) is 4.97. The first kappa shape index (κ1) is 23.4. The SMILES string of the molecule is CN1CC(=O)N(COC(=O)[C@](C)(N)Cc2ccc(O)c(O)c2)C1=O.Cl.O. The zero-order chi connectivity index (χ0) is 18.1. The molecule has 0 spiro atoms. The molecule has 146 valence electrons. The first-order valence-corrected chi connectivity index (χ1v) is 7.14. The Morgan fingerprint density at radius 3 is 2.42 bits per heavy atom. The molecule has 0 saturated carbocycles. The van der Waals surface area contributed by atoms with E-state index in [1.54, 1.807) is 0 Å². The van der Waals surface area contributed by atoms with Crippen LogP contribution in [0.1, 0.15) is 12.5 Å². The lowest BCUT2D eigenvalue weighted by Crippen LogP contribution is -2.49. The van der Waals surface area contributed by atoms with E-state index in [0.717, 1.165) is 4.90 Å². The average Bonchev–Trinajstić information content (AvgIpc) is 2.73. The zero-order valence-corrected chi connectivity index (χ0v) is 15.1. The number of amides is 3. The van der Waals surface area contributed by atoms with Gasteiger partial charge in [-0.3, -0.25) is 4.79 Å². The van der Waals surface area contributed by atoms with Gasteiger partial charge in [0, 0.05) is 13.5 Å². The summed E-state index contributed by atoms with van der Waals surface area (Å²) in [6.45, 7) is 0.858. The van der Waals surface area contributed by atoms with Crippen LogP contribution in [0.4, 0.5) is 4.79 Å². The standard InChI is InChI=1S/C15H19N3O6.ClH.H2O/c1-15(16,6-9-3-4-10(19)11(20)5-9)13(22)24-8-18-12(21)7-17(2)14(18)23;;/h3-5,19-20H,6-8,16H2,1-2H3;1H;1H2/t15-;;/m1../s1. The number of carbonyl (C=O) groups excluding carboxylic acids is 3. The van der Waals surface area contributed by atoms with E-state index < -0.39 is 30.2 Å². The third-order valence-electron chi connectivity index (χ3n) is 3.63. The summed E-state index contributed by atoms with van der Waals surface area (Å²) in [5.74, 6) is -1.87. The molecule has 10 nitrogen and oxygen atoms in total. The number of ether oxygens (including phenoxy) is 1. The number of phenolic OH excluding ortho intramolecular Hbond substituents is 2. The van der Waals surface area contributed by atoms with Gasteiger partial charge in [-0.15, -0.1) is 12.4 Å². The Morgan fingerprint density at radius 2 is 1.92 bits per heavy atom. The predicted octanol–water partition coefficient (Wildman–Crippen LogP) is -0.650. The molecule has 1 aromatic rings. The molecule has 2 rings (SSSR count). The maximum Gasteiger partial charge on any atom is 0.329 e. The van der Waals surface area contributed by atoms with E-state index in [9.17, 15) is 24.6 Å². The van der Waals surface area contributed by atoms with Crippen LogP contribution in [0.5, 0.6) is 11.5 Å². The lowest BCUT2D eigenvalue weighted by molar-refractivity contribution is -0.154. The number of carbonyl (C=O) groups is 3. The van der Waals surface area contributed by atoms with Gasteiger partial charge in [0.1, 0.15) is 12.1 Å². The summed E-state index contributed by atoms with van der Waals surface area (Å²) in [6, 6.07) is 3.53. The Labute approximate surface area is 155 Å². The van der Waals surface area contributed by atoms with Crippen molar-refractivity contribution in [1.82, 2.24) is 9.80 Å². The van der Waals surface area contributed by atoms with Crippen molar-refractivity contribution in [3.05, 3.63) is 23.8 Å². The van der Waals surface area contributed by atoms with E-state index in [4.69, 9.17) is 10.5 Å². The number of benzene rings is 1. The maximum atomic E-state index is 12.2. The van der Waals surface area contributed by atoms with E-state index in [1.807, 2.05) is 0 Å². The molecule has 26 heavy (non-hydrogen) atoms. The number of phenols is 2. The number of urea groups is 1. The number of likely N-dealkylation sites (N-methyl/N-ethyl adjacent to an activating group) is 1. The van der Waals surface area contributed by atoms with E-state index in [1.165, 1.54) is 37.1 Å². The monoisotopic (exact) mass is 391 g/mol. The highest BCUT2D eigenvalue weighted by molar-refractivity contribution is 6.01. The summed E-state index contributed by atoms with van der Waals surface area (Å²) >= 11 is 0. The minimum Gasteiger partial charge on any atom is -0.504 e. The number of nitrogens with two attached hydrogens (primary N) is 1. The highest BCUT2D eigenvalue weighted by Gasteiger charge is 2.36. The maximum absolute atomic E-state index is 12.2. The van der Waals surface area contributed by atoms with Gasteiger partial charge in [-0.2, -0.15) is 0 Å². The van der Waals surface area contributed by atoms with Gasteiger partial charge < -0.3 is 31.1 Å². The number of esters is 1. The van der Waals surface area contributed by atoms with Gasteiger partial charge in [-0.05, 0) is 24.6 Å². The fraction of sp³-hybridized carbons (Fsp3) is 0.400. The molecule has 1 aliphatic rings.